The Kier molecular flexibility index (Phi) is 8.61. The predicted molar refractivity (Wildman–Crippen MR) is 112 cm³/mol. The van der Waals surface area contributed by atoms with Crippen molar-refractivity contribution in [2.24, 2.45) is 17.5 Å². The minimum absolute atomic E-state index is 0.327. The lowest BCUT2D eigenvalue weighted by Crippen LogP contribution is -2.39. The molecule has 0 saturated heterocycles. The second kappa shape index (κ2) is 10.7. The van der Waals surface area contributed by atoms with Crippen molar-refractivity contribution >= 4 is 5.96 Å². The third kappa shape index (κ3) is 6.23. The average Bonchev–Trinajstić information content (AvgIpc) is 3.20. The molecule has 1 aliphatic rings. The molecule has 154 valence electrons. The average molecular weight is 378 g/mol. The van der Waals surface area contributed by atoms with Gasteiger partial charge >= 0.3 is 0 Å². The van der Waals surface area contributed by atoms with Gasteiger partial charge in [0.2, 0.25) is 0 Å². The minimum Gasteiger partial charge on any atom is -0.382 e. The normalized spacial score (nSPS) is 16.7. The second-order valence-corrected chi connectivity index (χ2v) is 7.80. The molecule has 0 amide bonds. The minimum atomic E-state index is 0.327. The molecule has 27 heavy (non-hydrogen) atoms. The largest absolute Gasteiger partial charge is 0.382 e. The summed E-state index contributed by atoms with van der Waals surface area (Å²) in [5, 5.41) is 11.4. The molecule has 0 radical (unpaired) electrons. The first-order valence-electron chi connectivity index (χ1n) is 10.6. The van der Waals surface area contributed by atoms with Crippen LogP contribution in [-0.2, 0) is 18.2 Å². The molecule has 6 nitrogen and oxygen atoms in total. The van der Waals surface area contributed by atoms with Gasteiger partial charge in [-0.3, -0.25) is 9.67 Å². The van der Waals surface area contributed by atoms with Gasteiger partial charge in [0.25, 0.3) is 0 Å². The van der Waals surface area contributed by atoms with Gasteiger partial charge in [-0.2, -0.15) is 5.10 Å². The van der Waals surface area contributed by atoms with E-state index in [4.69, 9.17) is 9.73 Å². The summed E-state index contributed by atoms with van der Waals surface area (Å²) in [4.78, 5) is 4.95. The van der Waals surface area contributed by atoms with Crippen LogP contribution in [0.15, 0.2) is 4.99 Å². The number of hydrogen-bond acceptors (Lipinski definition) is 3. The van der Waals surface area contributed by atoms with Crippen LogP contribution in [0.25, 0.3) is 0 Å². The van der Waals surface area contributed by atoms with Gasteiger partial charge in [-0.05, 0) is 64.4 Å². The van der Waals surface area contributed by atoms with E-state index in [0.29, 0.717) is 5.41 Å². The standard InChI is InChI=1S/C21H39N5O/c1-6-22-20(23-14-10-19-17(3)25-26(5)18(19)4)24-16-21(11-8-9-12-21)13-15-27-7-2/h6-16H2,1-5H3,(H2,22,23,24). The number of aliphatic imine (C=N–C) groups is 1. The van der Waals surface area contributed by atoms with E-state index in [2.05, 4.69) is 43.4 Å². The number of rotatable bonds is 10. The van der Waals surface area contributed by atoms with E-state index < -0.39 is 0 Å². The zero-order valence-corrected chi connectivity index (χ0v) is 18.0. The van der Waals surface area contributed by atoms with Crippen LogP contribution in [-0.4, -0.2) is 48.6 Å². The van der Waals surface area contributed by atoms with E-state index in [-0.39, 0.29) is 0 Å². The fraction of sp³-hybridized carbons (Fsp3) is 0.810. The molecule has 1 saturated carbocycles. The van der Waals surface area contributed by atoms with Crippen molar-refractivity contribution in [2.45, 2.75) is 66.2 Å². The highest BCUT2D eigenvalue weighted by Crippen LogP contribution is 2.41. The molecule has 0 aliphatic heterocycles. The zero-order chi connectivity index (χ0) is 19.7. The van der Waals surface area contributed by atoms with E-state index in [1.165, 1.54) is 36.9 Å². The van der Waals surface area contributed by atoms with Crippen molar-refractivity contribution in [1.82, 2.24) is 20.4 Å². The zero-order valence-electron chi connectivity index (χ0n) is 18.0. The molecule has 0 aromatic carbocycles. The summed E-state index contributed by atoms with van der Waals surface area (Å²) < 4.78 is 7.59. The first kappa shape index (κ1) is 21.7. The van der Waals surface area contributed by atoms with Crippen molar-refractivity contribution < 1.29 is 4.74 Å². The van der Waals surface area contributed by atoms with Gasteiger partial charge in [-0.1, -0.05) is 12.8 Å². The maximum absolute atomic E-state index is 5.63. The first-order chi connectivity index (χ1) is 13.0. The molecule has 1 aromatic rings. The van der Waals surface area contributed by atoms with Crippen molar-refractivity contribution in [2.75, 3.05) is 32.8 Å². The van der Waals surface area contributed by atoms with Crippen LogP contribution in [0.5, 0.6) is 0 Å². The third-order valence-electron chi connectivity index (χ3n) is 5.89. The van der Waals surface area contributed by atoms with Crippen molar-refractivity contribution in [3.8, 4) is 0 Å². The van der Waals surface area contributed by atoms with Crippen LogP contribution in [0.4, 0.5) is 0 Å². The van der Waals surface area contributed by atoms with Gasteiger partial charge in [0, 0.05) is 45.6 Å². The van der Waals surface area contributed by atoms with E-state index in [0.717, 1.165) is 57.3 Å². The van der Waals surface area contributed by atoms with Crippen molar-refractivity contribution in [3.63, 3.8) is 0 Å². The Labute approximate surface area is 165 Å². The van der Waals surface area contributed by atoms with Gasteiger partial charge in [0.1, 0.15) is 0 Å². The number of aromatic nitrogens is 2. The van der Waals surface area contributed by atoms with Crippen LogP contribution in [0.3, 0.4) is 0 Å². The Morgan fingerprint density at radius 3 is 2.56 bits per heavy atom. The van der Waals surface area contributed by atoms with Crippen LogP contribution in [0.1, 0.15) is 62.9 Å². The molecule has 1 aromatic heterocycles. The third-order valence-corrected chi connectivity index (χ3v) is 5.89. The maximum atomic E-state index is 5.63. The summed E-state index contributed by atoms with van der Waals surface area (Å²) in [6, 6.07) is 0. The van der Waals surface area contributed by atoms with Crippen molar-refractivity contribution in [1.29, 1.82) is 0 Å². The Morgan fingerprint density at radius 1 is 1.22 bits per heavy atom. The Bertz CT molecular complexity index is 602. The SMILES string of the molecule is CCNC(=NCC1(CCOCC)CCCC1)NCCc1c(C)nn(C)c1C. The molecule has 1 aliphatic carbocycles. The molecular formula is C21H39N5O. The predicted octanol–water partition coefficient (Wildman–Crippen LogP) is 3.12. The molecule has 0 atom stereocenters. The molecule has 0 bridgehead atoms. The fourth-order valence-electron chi connectivity index (χ4n) is 4.12. The monoisotopic (exact) mass is 377 g/mol. The Morgan fingerprint density at radius 2 is 1.96 bits per heavy atom. The lowest BCUT2D eigenvalue weighted by Gasteiger charge is -2.27. The van der Waals surface area contributed by atoms with Gasteiger partial charge in [-0.15, -0.1) is 0 Å². The highest BCUT2D eigenvalue weighted by molar-refractivity contribution is 5.79. The van der Waals surface area contributed by atoms with E-state index >= 15 is 0 Å². The van der Waals surface area contributed by atoms with Gasteiger partial charge in [0.15, 0.2) is 5.96 Å². The summed E-state index contributed by atoms with van der Waals surface area (Å²) in [5.74, 6) is 0.930. The molecule has 0 unspecified atom stereocenters. The topological polar surface area (TPSA) is 63.5 Å². The number of nitrogens with zero attached hydrogens (tertiary/aromatic N) is 3. The Balaban J connectivity index is 1.92. The number of aryl methyl sites for hydroxylation is 2. The fourth-order valence-corrected chi connectivity index (χ4v) is 4.12. The second-order valence-electron chi connectivity index (χ2n) is 7.80. The lowest BCUT2D eigenvalue weighted by atomic mass is 9.83. The highest BCUT2D eigenvalue weighted by atomic mass is 16.5. The van der Waals surface area contributed by atoms with Gasteiger partial charge in [0.05, 0.1) is 5.69 Å². The van der Waals surface area contributed by atoms with Crippen LogP contribution < -0.4 is 10.6 Å². The molecule has 1 fully saturated rings. The molecule has 2 rings (SSSR count). The van der Waals surface area contributed by atoms with E-state index in [9.17, 15) is 0 Å². The molecule has 2 N–H and O–H groups in total. The quantitative estimate of drug-likeness (QED) is 0.374. The molecule has 1 heterocycles. The van der Waals surface area contributed by atoms with Gasteiger partial charge in [-0.25, -0.2) is 0 Å². The number of nitrogens with one attached hydrogen (secondary N) is 2. The molecule has 0 spiro atoms. The first-order valence-corrected chi connectivity index (χ1v) is 10.6. The summed E-state index contributed by atoms with van der Waals surface area (Å²) >= 11 is 0. The van der Waals surface area contributed by atoms with Crippen molar-refractivity contribution in [3.05, 3.63) is 17.0 Å². The summed E-state index contributed by atoms with van der Waals surface area (Å²) in [6.45, 7) is 12.7. The van der Waals surface area contributed by atoms with Crippen LogP contribution in [0.2, 0.25) is 0 Å². The number of guanidine groups is 1. The maximum Gasteiger partial charge on any atom is 0.191 e. The number of ether oxygens (including phenoxy) is 1. The summed E-state index contributed by atoms with van der Waals surface area (Å²) in [6.07, 6.45) is 7.29. The smallest absolute Gasteiger partial charge is 0.191 e. The van der Waals surface area contributed by atoms with Crippen LogP contribution >= 0.6 is 0 Å². The van der Waals surface area contributed by atoms with E-state index in [1.807, 2.05) is 11.7 Å². The molecule has 6 heteroatoms. The molecular weight excluding hydrogens is 338 g/mol. The van der Waals surface area contributed by atoms with E-state index in [1.54, 1.807) is 0 Å². The summed E-state index contributed by atoms with van der Waals surface area (Å²) in [5.41, 5.74) is 4.04. The van der Waals surface area contributed by atoms with Gasteiger partial charge < -0.3 is 15.4 Å². The number of hydrogen-bond donors (Lipinski definition) is 2. The Hall–Kier alpha value is -1.56. The highest BCUT2D eigenvalue weighted by Gasteiger charge is 2.33. The van der Waals surface area contributed by atoms with Crippen LogP contribution in [0, 0.1) is 19.3 Å². The lowest BCUT2D eigenvalue weighted by molar-refractivity contribution is 0.107. The summed E-state index contributed by atoms with van der Waals surface area (Å²) in [7, 11) is 2.01.